The minimum absolute atomic E-state index is 0.173. The topological polar surface area (TPSA) is 125 Å². The van der Waals surface area contributed by atoms with Gasteiger partial charge in [-0.05, 0) is 31.9 Å². The summed E-state index contributed by atoms with van der Waals surface area (Å²) in [5.41, 5.74) is 5.13. The fourth-order valence-electron chi connectivity index (χ4n) is 2.86. The van der Waals surface area contributed by atoms with Crippen LogP contribution in [0.4, 0.5) is 0 Å². The Morgan fingerprint density at radius 2 is 1.79 bits per heavy atom. The molecule has 152 valence electrons. The SMILES string of the molecule is Cc1ccc2c(C(=O)CCc3nc[nH]c3C)cn(C)c2c1.O=C(O)/C=C\C(=O)O. The van der Waals surface area contributed by atoms with Crippen molar-refractivity contribution in [3.63, 3.8) is 0 Å². The molecule has 2 aromatic heterocycles. The number of aromatic nitrogens is 3. The molecule has 0 aliphatic heterocycles. The second kappa shape index (κ2) is 9.50. The van der Waals surface area contributed by atoms with Crippen molar-refractivity contribution in [3.05, 3.63) is 65.4 Å². The molecule has 1 aromatic carbocycles. The largest absolute Gasteiger partial charge is 0.478 e. The van der Waals surface area contributed by atoms with E-state index in [-0.39, 0.29) is 5.78 Å². The smallest absolute Gasteiger partial charge is 0.328 e. The first-order valence-electron chi connectivity index (χ1n) is 8.90. The molecule has 0 spiro atoms. The second-order valence-electron chi connectivity index (χ2n) is 6.58. The van der Waals surface area contributed by atoms with Crippen molar-refractivity contribution in [2.24, 2.45) is 7.05 Å². The minimum atomic E-state index is -1.26. The lowest BCUT2D eigenvalue weighted by atomic mass is 10.0. The lowest BCUT2D eigenvalue weighted by Gasteiger charge is -2.00. The Hall–Kier alpha value is -3.68. The molecule has 2 heterocycles. The van der Waals surface area contributed by atoms with Crippen molar-refractivity contribution in [2.75, 3.05) is 0 Å². The Bertz CT molecular complexity index is 1060. The molecule has 0 saturated carbocycles. The first-order chi connectivity index (χ1) is 13.7. The summed E-state index contributed by atoms with van der Waals surface area (Å²) in [6.45, 7) is 4.04. The van der Waals surface area contributed by atoms with Crippen LogP contribution in [0.5, 0.6) is 0 Å². The number of aromatic amines is 1. The third-order valence-electron chi connectivity index (χ3n) is 4.34. The number of carboxylic acids is 2. The number of rotatable bonds is 6. The fourth-order valence-corrected chi connectivity index (χ4v) is 2.86. The number of Topliss-reactive ketones (excluding diaryl/α,β-unsaturated/α-hetero) is 1. The monoisotopic (exact) mass is 397 g/mol. The van der Waals surface area contributed by atoms with Gasteiger partial charge in [0.2, 0.25) is 0 Å². The number of H-pyrrole nitrogens is 1. The molecule has 3 aromatic rings. The van der Waals surface area contributed by atoms with Gasteiger partial charge in [-0.1, -0.05) is 12.1 Å². The zero-order chi connectivity index (χ0) is 21.6. The Kier molecular flexibility index (Phi) is 7.08. The second-order valence-corrected chi connectivity index (χ2v) is 6.58. The number of carbonyl (C=O) groups excluding carboxylic acids is 1. The van der Waals surface area contributed by atoms with E-state index in [4.69, 9.17) is 10.2 Å². The van der Waals surface area contributed by atoms with Crippen molar-refractivity contribution in [2.45, 2.75) is 26.7 Å². The van der Waals surface area contributed by atoms with Gasteiger partial charge in [0.1, 0.15) is 0 Å². The molecule has 0 aliphatic carbocycles. The van der Waals surface area contributed by atoms with E-state index in [0.29, 0.717) is 25.0 Å². The summed E-state index contributed by atoms with van der Waals surface area (Å²) in [7, 11) is 1.98. The van der Waals surface area contributed by atoms with Gasteiger partial charge >= 0.3 is 11.9 Å². The van der Waals surface area contributed by atoms with Crippen molar-refractivity contribution < 1.29 is 24.6 Å². The lowest BCUT2D eigenvalue weighted by molar-refractivity contribution is -0.134. The predicted octanol–water partition coefficient (Wildman–Crippen LogP) is 3.05. The average Bonchev–Trinajstić information content (AvgIpc) is 3.21. The molecule has 8 heteroatoms. The van der Waals surface area contributed by atoms with Gasteiger partial charge in [0.05, 0.1) is 12.0 Å². The van der Waals surface area contributed by atoms with E-state index in [1.54, 1.807) is 6.33 Å². The van der Waals surface area contributed by atoms with Crippen LogP contribution in [0, 0.1) is 13.8 Å². The molecule has 0 unspecified atom stereocenters. The van der Waals surface area contributed by atoms with Crippen LogP contribution < -0.4 is 0 Å². The molecule has 0 atom stereocenters. The van der Waals surface area contributed by atoms with Crippen molar-refractivity contribution in [1.82, 2.24) is 14.5 Å². The average molecular weight is 397 g/mol. The highest BCUT2D eigenvalue weighted by Gasteiger charge is 2.14. The van der Waals surface area contributed by atoms with E-state index in [2.05, 4.69) is 29.0 Å². The summed E-state index contributed by atoms with van der Waals surface area (Å²) in [5, 5.41) is 16.7. The molecule has 3 rings (SSSR count). The maximum Gasteiger partial charge on any atom is 0.328 e. The Labute approximate surface area is 167 Å². The molecule has 0 aliphatic rings. The number of fused-ring (bicyclic) bond motifs is 1. The Morgan fingerprint density at radius 1 is 1.14 bits per heavy atom. The third-order valence-corrected chi connectivity index (χ3v) is 4.34. The molecule has 0 fully saturated rings. The Balaban J connectivity index is 0.000000321. The number of carboxylic acid groups (broad SMARTS) is 2. The van der Waals surface area contributed by atoms with Crippen molar-refractivity contribution in [3.8, 4) is 0 Å². The van der Waals surface area contributed by atoms with Crippen LogP contribution in [-0.2, 0) is 23.1 Å². The summed E-state index contributed by atoms with van der Waals surface area (Å²) >= 11 is 0. The van der Waals surface area contributed by atoms with Crippen LogP contribution in [0.15, 0.2) is 42.9 Å². The number of ketones is 1. The van der Waals surface area contributed by atoms with Gasteiger partial charge in [-0.15, -0.1) is 0 Å². The van der Waals surface area contributed by atoms with E-state index in [1.807, 2.05) is 30.8 Å². The Morgan fingerprint density at radius 3 is 2.34 bits per heavy atom. The van der Waals surface area contributed by atoms with Crippen LogP contribution in [0.25, 0.3) is 10.9 Å². The van der Waals surface area contributed by atoms with Crippen LogP contribution in [0.3, 0.4) is 0 Å². The van der Waals surface area contributed by atoms with Gasteiger partial charge < -0.3 is 19.8 Å². The van der Waals surface area contributed by atoms with Crippen molar-refractivity contribution in [1.29, 1.82) is 0 Å². The maximum atomic E-state index is 12.5. The zero-order valence-corrected chi connectivity index (χ0v) is 16.5. The van der Waals surface area contributed by atoms with Crippen molar-refractivity contribution >= 4 is 28.6 Å². The summed E-state index contributed by atoms with van der Waals surface area (Å²) in [6, 6.07) is 6.21. The van der Waals surface area contributed by atoms with Gasteiger partial charge in [-0.2, -0.15) is 0 Å². The van der Waals surface area contributed by atoms with E-state index in [9.17, 15) is 14.4 Å². The van der Waals surface area contributed by atoms with Gasteiger partial charge in [-0.25, -0.2) is 14.6 Å². The molecular formula is C21H23N3O5. The first kappa shape index (κ1) is 21.6. The highest BCUT2D eigenvalue weighted by atomic mass is 16.4. The number of nitrogens with one attached hydrogen (secondary N) is 1. The first-order valence-corrected chi connectivity index (χ1v) is 8.90. The van der Waals surface area contributed by atoms with Crippen LogP contribution in [0.2, 0.25) is 0 Å². The number of hydrogen-bond acceptors (Lipinski definition) is 4. The van der Waals surface area contributed by atoms with Gasteiger partial charge in [0.15, 0.2) is 5.78 Å². The molecule has 3 N–H and O–H groups in total. The number of hydrogen-bond donors (Lipinski definition) is 3. The van der Waals surface area contributed by atoms with E-state index >= 15 is 0 Å². The highest BCUT2D eigenvalue weighted by Crippen LogP contribution is 2.23. The number of imidazole rings is 1. The molecule has 8 nitrogen and oxygen atoms in total. The van der Waals surface area contributed by atoms with Crippen LogP contribution >= 0.6 is 0 Å². The highest BCUT2D eigenvalue weighted by molar-refractivity contribution is 6.08. The molecule has 0 saturated heterocycles. The van der Waals surface area contributed by atoms with Gasteiger partial charge in [0.25, 0.3) is 0 Å². The summed E-state index contributed by atoms with van der Waals surface area (Å²) in [6.07, 6.45) is 5.89. The van der Waals surface area contributed by atoms with Crippen LogP contribution in [-0.4, -0.2) is 42.5 Å². The number of nitrogens with zero attached hydrogens (tertiary/aromatic N) is 2. The van der Waals surface area contributed by atoms with E-state index < -0.39 is 11.9 Å². The summed E-state index contributed by atoms with van der Waals surface area (Å²) in [4.78, 5) is 38.9. The normalized spacial score (nSPS) is 10.7. The summed E-state index contributed by atoms with van der Waals surface area (Å²) in [5.74, 6) is -2.34. The van der Waals surface area contributed by atoms with Crippen LogP contribution in [0.1, 0.15) is 33.7 Å². The number of aryl methyl sites for hydroxylation is 4. The fraction of sp³-hybridized carbons (Fsp3) is 0.238. The maximum absolute atomic E-state index is 12.5. The quantitative estimate of drug-likeness (QED) is 0.434. The van der Waals surface area contributed by atoms with E-state index in [1.165, 1.54) is 5.56 Å². The molecule has 0 bridgehead atoms. The lowest BCUT2D eigenvalue weighted by Crippen LogP contribution is -2.01. The zero-order valence-electron chi connectivity index (χ0n) is 16.5. The van der Waals surface area contributed by atoms with Gasteiger partial charge in [-0.3, -0.25) is 4.79 Å². The molecule has 29 heavy (non-hydrogen) atoms. The number of carbonyl (C=O) groups is 3. The number of aliphatic carboxylic acids is 2. The van der Waals surface area contributed by atoms with E-state index in [0.717, 1.165) is 27.9 Å². The molecular weight excluding hydrogens is 374 g/mol. The predicted molar refractivity (Wildman–Crippen MR) is 108 cm³/mol. The standard InChI is InChI=1S/C17H19N3O.C4H4O4/c1-11-4-5-13-14(9-20(3)16(13)8-11)17(21)7-6-15-12(2)18-10-19-15;5-3(6)1-2-4(7)8/h4-5,8-10H,6-7H2,1-3H3,(H,18,19);1-2H,(H,5,6)(H,7,8)/b;2-1-. The molecule has 0 radical (unpaired) electrons. The minimum Gasteiger partial charge on any atom is -0.478 e. The van der Waals surface area contributed by atoms with Gasteiger partial charge in [0, 0.05) is 54.0 Å². The number of benzene rings is 1. The molecule has 0 amide bonds. The summed E-state index contributed by atoms with van der Waals surface area (Å²) < 4.78 is 2.02. The third kappa shape index (κ3) is 5.90.